The minimum Gasteiger partial charge on any atom is -0.518 e. The largest absolute Gasteiger partial charge is 2.00 e. The Kier molecular flexibility index (Phi) is 28.0. The third kappa shape index (κ3) is 18.8. The molecule has 30 rings (SSSR count). The van der Waals surface area contributed by atoms with Crippen molar-refractivity contribution >= 4 is 130 Å². The molecule has 0 saturated heterocycles. The van der Waals surface area contributed by atoms with Crippen LogP contribution in [0.25, 0.3) is 233 Å². The number of furan rings is 12. The first-order chi connectivity index (χ1) is 68.9. The number of rotatable bonds is 12. The second-order valence-corrected chi connectivity index (χ2v) is 33.3. The molecule has 42 heteroatoms. The molecule has 0 radical (unpaired) electrons. The van der Waals surface area contributed by atoms with Gasteiger partial charge in [0.2, 0.25) is 19.0 Å². The minimum absolute atomic E-state index is 0. The van der Waals surface area contributed by atoms with Gasteiger partial charge >= 0.3 is 63.2 Å². The standard InChI is InChI=1S/3C18H12N4O2.3C17H10N4O2.6Pt/c3*1-20-3-4-22(11-20)16-9-23-17-5-12-8-24-18(13(12)6-14(16)17)15-7-21(2)10-19-15;3*1-20-6-14(19-10-20)17-12-5-13-15(21-3-2-18-9-21)8-22-16(13)4-11(12)7-23-17;;;;;;/h3*3-5,7-9H,1-2H3;3*2-4,6-8,10H,1H3;;;;;;/q6*-2;;;;3*+2. The fourth-order valence-electron chi connectivity index (χ4n) is 16.7. The smallest absolute Gasteiger partial charge is 0.518 e. The number of hydrogen-bond donors (Lipinski definition) is 0. The van der Waals surface area contributed by atoms with Crippen molar-refractivity contribution in [2.45, 2.75) is 0 Å². The molecule has 6 aromatic carbocycles. The monoisotopic (exact) mass is 3020 g/mol. The zero-order chi connectivity index (χ0) is 94.9. The van der Waals surface area contributed by atoms with E-state index in [1.54, 1.807) is 140 Å². The molecule has 0 fully saturated rings. The van der Waals surface area contributed by atoms with Gasteiger partial charge in [-0.05, 0) is 53.5 Å². The fourth-order valence-corrected chi connectivity index (χ4v) is 16.7. The van der Waals surface area contributed by atoms with Gasteiger partial charge in [-0.25, -0.2) is 15.0 Å². The van der Waals surface area contributed by atoms with Gasteiger partial charge in [-0.3, -0.25) is 0 Å². The summed E-state index contributed by atoms with van der Waals surface area (Å²) in [7, 11) is 17.2. The van der Waals surface area contributed by atoms with Crippen molar-refractivity contribution in [2.24, 2.45) is 63.4 Å². The molecule has 24 heterocycles. The number of imidazole rings is 12. The van der Waals surface area contributed by atoms with Gasteiger partial charge in [0, 0.05) is 212 Å². The zero-order valence-corrected chi connectivity index (χ0v) is 91.2. The van der Waals surface area contributed by atoms with E-state index in [-0.39, 0.29) is 126 Å². The van der Waals surface area contributed by atoms with E-state index in [0.717, 1.165) is 199 Å². The Labute approximate surface area is 916 Å². The number of nitrogens with zero attached hydrogens (tertiary/aromatic N) is 24. The fraction of sp³-hybridized carbons (Fsp3) is 0.0857. The average molecular weight is 3030 g/mol. The summed E-state index contributed by atoms with van der Waals surface area (Å²) in [4.78, 5) is 37.7. The number of aromatic nitrogens is 24. The Hall–Kier alpha value is -15.6. The van der Waals surface area contributed by atoms with Crippen LogP contribution in [0.5, 0.6) is 0 Å². The molecule has 30 aromatic rings. The summed E-state index contributed by atoms with van der Waals surface area (Å²) in [5.74, 6) is 4.13. The Morgan fingerprint density at radius 1 is 0.245 bits per heavy atom. The summed E-state index contributed by atoms with van der Waals surface area (Å²) >= 11 is 0. The van der Waals surface area contributed by atoms with Crippen LogP contribution in [0.2, 0.25) is 0 Å². The molecule has 0 aliphatic carbocycles. The molecule has 0 spiro atoms. The van der Waals surface area contributed by atoms with E-state index < -0.39 is 0 Å². The van der Waals surface area contributed by atoms with Crippen molar-refractivity contribution in [3.05, 3.63) is 335 Å². The molecule has 0 saturated carbocycles. The SMILES string of the molecule is Cn1[c-]nc(-c2occ3cc4occ(-n5[c-][n+](C)cc5)c4[c-]c23)c1.Cn1[c-]nc(-c2occ3cc4occ(-n5[c-][n+](C)cc5)c4[c-]c23)c1.Cn1[c-]nc(-c2occ3cc4occ(-n5[c-][n+](C)cc5)c4[c-]c23)c1.Cn1cnc(-c2occ3cc4occ(-n5[c-]ncc5)c4[c-]c23)c1.Cn1cnc(-c2occ3cc4occ(-n5[c-]ncc5)c4[c-]c23)c1.Cn1cnc(-c2occ3cc4occ(-n5[c-]ncc5)c4[c-]c23)c1.[Pt+2].[Pt+2].[Pt+2].[Pt].[Pt].[Pt]. The van der Waals surface area contributed by atoms with Crippen LogP contribution in [0.15, 0.2) is 295 Å². The molecule has 0 amide bonds. The molecule has 36 nitrogen and oxygen atoms in total. The zero-order valence-electron chi connectivity index (χ0n) is 77.5. The molecular formula is C105H66N24O12Pt6-6. The summed E-state index contributed by atoms with van der Waals surface area (Å²) in [5, 5.41) is 15.9. The predicted molar refractivity (Wildman–Crippen MR) is 505 cm³/mol. The number of fused-ring (bicyclic) bond motifs is 12. The maximum absolute atomic E-state index is 5.72. The van der Waals surface area contributed by atoms with E-state index in [4.69, 9.17) is 53.0 Å². The Morgan fingerprint density at radius 2 is 0.463 bits per heavy atom. The Morgan fingerprint density at radius 3 is 0.639 bits per heavy atom. The molecule has 744 valence electrons. The molecule has 0 unspecified atom stereocenters. The average Bonchev–Trinajstić information content (AvgIpc) is 1.63. The summed E-state index contributed by atoms with van der Waals surface area (Å²) in [5.41, 5.74) is 14.2. The van der Waals surface area contributed by atoms with Gasteiger partial charge in [0.15, 0.2) is 0 Å². The Balaban J connectivity index is 0.000000110. The van der Waals surface area contributed by atoms with Gasteiger partial charge in [0.25, 0.3) is 0 Å². The minimum atomic E-state index is 0. The summed E-state index contributed by atoms with van der Waals surface area (Å²) in [6, 6.07) is 32.1. The van der Waals surface area contributed by atoms with Crippen molar-refractivity contribution in [3.63, 3.8) is 0 Å². The number of benzene rings is 6. The molecule has 24 aromatic heterocycles. The van der Waals surface area contributed by atoms with Crippen molar-refractivity contribution in [3.8, 4) is 103 Å². The second kappa shape index (κ2) is 41.2. The molecule has 147 heavy (non-hydrogen) atoms. The van der Waals surface area contributed by atoms with Gasteiger partial charge in [-0.2, -0.15) is 0 Å². The van der Waals surface area contributed by atoms with Crippen LogP contribution in [-0.2, 0) is 190 Å². The van der Waals surface area contributed by atoms with E-state index in [1.807, 2.05) is 234 Å². The van der Waals surface area contributed by atoms with E-state index >= 15 is 0 Å². The van der Waals surface area contributed by atoms with E-state index in [9.17, 15) is 0 Å². The molecule has 0 N–H and O–H groups in total. The molecule has 0 atom stereocenters. The van der Waals surface area contributed by atoms with Crippen molar-refractivity contribution in [2.75, 3.05) is 0 Å². The third-order valence-electron chi connectivity index (χ3n) is 23.4. The summed E-state index contributed by atoms with van der Waals surface area (Å²) in [6.45, 7) is 0. The number of aryl methyl sites for hydroxylation is 9. The van der Waals surface area contributed by atoms with Crippen LogP contribution in [0.3, 0.4) is 0 Å². The van der Waals surface area contributed by atoms with Gasteiger partial charge in [0.1, 0.15) is 0 Å². The quantitative estimate of drug-likeness (QED) is 0.0810. The van der Waals surface area contributed by atoms with Gasteiger partial charge < -0.3 is 151 Å². The third-order valence-corrected chi connectivity index (χ3v) is 23.4. The van der Waals surface area contributed by atoms with E-state index in [2.05, 4.69) is 138 Å². The maximum atomic E-state index is 5.72. The van der Waals surface area contributed by atoms with Crippen molar-refractivity contribution in [1.29, 1.82) is 0 Å². The predicted octanol–water partition coefficient (Wildman–Crippen LogP) is 17.9. The molecular weight excluding hydrogens is 2960 g/mol. The van der Waals surface area contributed by atoms with E-state index in [0.29, 0.717) is 34.6 Å². The number of hydrogen-bond acceptors (Lipinski definition) is 21. The first-order valence-electron chi connectivity index (χ1n) is 43.4. The van der Waals surface area contributed by atoms with Crippen LogP contribution in [0.4, 0.5) is 0 Å². The molecule has 0 aliphatic heterocycles. The maximum Gasteiger partial charge on any atom is 2.00 e. The normalized spacial score (nSPS) is 11.2. The second-order valence-electron chi connectivity index (χ2n) is 33.3. The first-order valence-corrected chi connectivity index (χ1v) is 43.4. The van der Waals surface area contributed by atoms with Crippen LogP contribution in [-0.4, -0.2) is 99.7 Å². The first kappa shape index (κ1) is 100. The van der Waals surface area contributed by atoms with Crippen LogP contribution in [0.1, 0.15) is 0 Å². The van der Waals surface area contributed by atoms with Gasteiger partial charge in [0.05, 0.1) is 200 Å². The van der Waals surface area contributed by atoms with Crippen LogP contribution < -0.4 is 13.7 Å². The molecule has 0 aliphatic rings. The molecule has 0 bridgehead atoms. The van der Waals surface area contributed by atoms with Crippen molar-refractivity contribution < 1.29 is 193 Å². The van der Waals surface area contributed by atoms with E-state index in [1.165, 1.54) is 0 Å². The van der Waals surface area contributed by atoms with Crippen LogP contribution >= 0.6 is 0 Å². The van der Waals surface area contributed by atoms with Gasteiger partial charge in [-0.1, -0.05) is 155 Å². The Bertz CT molecular complexity index is 8720. The van der Waals surface area contributed by atoms with Crippen molar-refractivity contribution in [1.82, 2.24) is 99.7 Å². The summed E-state index contributed by atoms with van der Waals surface area (Å²) < 4.78 is 95.7. The van der Waals surface area contributed by atoms with Crippen LogP contribution in [0, 0.1) is 93.3 Å². The summed E-state index contributed by atoms with van der Waals surface area (Å²) in [6.07, 6.45) is 85.6. The van der Waals surface area contributed by atoms with Gasteiger partial charge in [-0.15, -0.1) is 55.0 Å². The topological polar surface area (TPSA) is 344 Å².